The lowest BCUT2D eigenvalue weighted by Crippen LogP contribution is -2.17. The van der Waals surface area contributed by atoms with E-state index in [4.69, 9.17) is 0 Å². The number of anilines is 1. The maximum absolute atomic E-state index is 2.43. The molecule has 0 fully saturated rings. The van der Waals surface area contributed by atoms with Crippen LogP contribution in [0.2, 0.25) is 0 Å². The Hall–Kier alpha value is -0.930. The number of fused-ring (bicyclic) bond motifs is 1. The highest BCUT2D eigenvalue weighted by Gasteiger charge is 2.18. The third-order valence-electron chi connectivity index (χ3n) is 2.80. The lowest BCUT2D eigenvalue weighted by molar-refractivity contribution is 0.908. The van der Waals surface area contributed by atoms with Gasteiger partial charge in [0.1, 0.15) is 0 Å². The Morgan fingerprint density at radius 3 is 2.47 bits per heavy atom. The van der Waals surface area contributed by atoms with Crippen LogP contribution in [0.3, 0.4) is 0 Å². The first-order valence-corrected chi connectivity index (χ1v) is 6.43. The van der Waals surface area contributed by atoms with Crippen molar-refractivity contribution in [2.45, 2.75) is 11.4 Å². The van der Waals surface area contributed by atoms with Crippen molar-refractivity contribution in [3.05, 3.63) is 60.2 Å². The fourth-order valence-corrected chi connectivity index (χ4v) is 3.04. The van der Waals surface area contributed by atoms with E-state index in [1.165, 1.54) is 16.1 Å². The number of rotatable bonds is 2. The van der Waals surface area contributed by atoms with Crippen LogP contribution in [0.5, 0.6) is 0 Å². The molecule has 0 spiro atoms. The van der Waals surface area contributed by atoms with Crippen molar-refractivity contribution < 1.29 is 0 Å². The van der Waals surface area contributed by atoms with Crippen molar-refractivity contribution in [3.8, 4) is 0 Å². The molecule has 0 atom stereocenters. The van der Waals surface area contributed by atoms with Gasteiger partial charge in [0, 0.05) is 11.4 Å². The van der Waals surface area contributed by atoms with Gasteiger partial charge in [-0.15, -0.1) is 28.7 Å². The maximum atomic E-state index is 2.43. The highest BCUT2D eigenvalue weighted by atomic mass is 79.9. The van der Waals surface area contributed by atoms with Crippen molar-refractivity contribution in [2.24, 2.45) is 0 Å². The van der Waals surface area contributed by atoms with Crippen LogP contribution in [-0.2, 0) is 6.54 Å². The van der Waals surface area contributed by atoms with Crippen molar-refractivity contribution in [1.29, 1.82) is 0 Å². The van der Waals surface area contributed by atoms with E-state index in [0.29, 0.717) is 0 Å². The molecule has 0 radical (unpaired) electrons. The first-order chi connectivity index (χ1) is 7.93. The summed E-state index contributed by atoms with van der Waals surface area (Å²) in [6.45, 7) is 1.00. The van der Waals surface area contributed by atoms with Gasteiger partial charge in [0.25, 0.3) is 0 Å². The maximum Gasteiger partial charge on any atom is 0.0690 e. The lowest BCUT2D eigenvalue weighted by atomic mass is 10.2. The topological polar surface area (TPSA) is 3.24 Å². The minimum atomic E-state index is 0. The first-order valence-electron chi connectivity index (χ1n) is 5.44. The molecule has 1 nitrogen and oxygen atoms in total. The van der Waals surface area contributed by atoms with Crippen LogP contribution in [0.4, 0.5) is 5.69 Å². The molecule has 0 amide bonds. The lowest BCUT2D eigenvalue weighted by Gasteiger charge is -2.18. The van der Waals surface area contributed by atoms with Crippen molar-refractivity contribution in [1.82, 2.24) is 0 Å². The van der Waals surface area contributed by atoms with Gasteiger partial charge in [-0.3, -0.25) is 0 Å². The molecule has 17 heavy (non-hydrogen) atoms. The summed E-state index contributed by atoms with van der Waals surface area (Å²) in [5, 5.41) is 0. The Morgan fingerprint density at radius 1 is 0.941 bits per heavy atom. The third kappa shape index (κ3) is 2.67. The Kier molecular flexibility index (Phi) is 4.13. The average Bonchev–Trinajstić information content (AvgIpc) is 2.74. The smallest absolute Gasteiger partial charge is 0.0690 e. The van der Waals surface area contributed by atoms with E-state index in [1.54, 1.807) is 0 Å². The number of benzene rings is 2. The van der Waals surface area contributed by atoms with Crippen LogP contribution >= 0.6 is 28.7 Å². The zero-order valence-electron chi connectivity index (χ0n) is 9.37. The molecule has 2 aromatic rings. The van der Waals surface area contributed by atoms with Crippen LogP contribution < -0.4 is 4.90 Å². The Labute approximate surface area is 117 Å². The predicted molar refractivity (Wildman–Crippen MR) is 80.1 cm³/mol. The van der Waals surface area contributed by atoms with Gasteiger partial charge in [0.15, 0.2) is 0 Å². The Balaban J connectivity index is 0.00000108. The molecule has 0 aliphatic carbocycles. The number of para-hydroxylation sites is 1. The second-order valence-corrected chi connectivity index (χ2v) is 4.91. The summed E-state index contributed by atoms with van der Waals surface area (Å²) in [5.74, 6) is 1.06. The van der Waals surface area contributed by atoms with Crippen LogP contribution in [0.15, 0.2) is 59.5 Å². The van der Waals surface area contributed by atoms with E-state index in [1.807, 2.05) is 11.8 Å². The van der Waals surface area contributed by atoms with Gasteiger partial charge < -0.3 is 4.90 Å². The summed E-state index contributed by atoms with van der Waals surface area (Å²) in [7, 11) is 0. The second kappa shape index (κ2) is 5.61. The van der Waals surface area contributed by atoms with Crippen LogP contribution in [0.25, 0.3) is 0 Å². The van der Waals surface area contributed by atoms with E-state index < -0.39 is 0 Å². The summed E-state index contributed by atoms with van der Waals surface area (Å²) in [6.07, 6.45) is 0. The van der Waals surface area contributed by atoms with Crippen molar-refractivity contribution in [3.63, 3.8) is 0 Å². The van der Waals surface area contributed by atoms with Gasteiger partial charge in [0.05, 0.1) is 11.6 Å². The molecule has 0 N–H and O–H groups in total. The van der Waals surface area contributed by atoms with Gasteiger partial charge in [-0.1, -0.05) is 42.5 Å². The van der Waals surface area contributed by atoms with Gasteiger partial charge >= 0.3 is 0 Å². The summed E-state index contributed by atoms with van der Waals surface area (Å²) in [4.78, 5) is 3.83. The standard InChI is InChI=1S/C14H13NS.BrH/c1-2-6-12(7-3-1)10-15-11-16-14-9-5-4-8-13(14)15;/h1-9H,10-11H2;1H. The van der Waals surface area contributed by atoms with Crippen molar-refractivity contribution >= 4 is 34.4 Å². The summed E-state index contributed by atoms with van der Waals surface area (Å²) >= 11 is 1.92. The molecular weight excluding hydrogens is 294 g/mol. The largest absolute Gasteiger partial charge is 0.357 e. The highest BCUT2D eigenvalue weighted by molar-refractivity contribution is 8.93. The van der Waals surface area contributed by atoms with E-state index in [0.717, 1.165) is 12.4 Å². The van der Waals surface area contributed by atoms with Crippen LogP contribution in [-0.4, -0.2) is 5.88 Å². The summed E-state index contributed by atoms with van der Waals surface area (Å²) in [6, 6.07) is 19.3. The van der Waals surface area contributed by atoms with Gasteiger partial charge in [-0.25, -0.2) is 0 Å². The number of hydrogen-bond acceptors (Lipinski definition) is 2. The molecule has 1 aliphatic heterocycles. The zero-order chi connectivity index (χ0) is 10.8. The SMILES string of the molecule is Br.c1ccc(CN2CSc3ccccc32)cc1. The van der Waals surface area contributed by atoms with Gasteiger partial charge in [-0.2, -0.15) is 0 Å². The fraction of sp³-hybridized carbons (Fsp3) is 0.143. The molecule has 88 valence electrons. The monoisotopic (exact) mass is 307 g/mol. The Morgan fingerprint density at radius 2 is 1.65 bits per heavy atom. The molecule has 3 heteroatoms. The number of nitrogens with zero attached hydrogens (tertiary/aromatic N) is 1. The third-order valence-corrected chi connectivity index (χ3v) is 3.90. The Bertz CT molecular complexity index is 487. The average molecular weight is 308 g/mol. The molecular formula is C14H14BrNS. The normalized spacial score (nSPS) is 13.1. The molecule has 1 heterocycles. The van der Waals surface area contributed by atoms with Gasteiger partial charge in [0.2, 0.25) is 0 Å². The van der Waals surface area contributed by atoms with Crippen LogP contribution in [0, 0.1) is 0 Å². The van der Waals surface area contributed by atoms with E-state index >= 15 is 0 Å². The van der Waals surface area contributed by atoms with E-state index in [-0.39, 0.29) is 17.0 Å². The molecule has 0 saturated heterocycles. The summed E-state index contributed by atoms with van der Waals surface area (Å²) in [5.41, 5.74) is 2.75. The van der Waals surface area contributed by atoms with Gasteiger partial charge in [-0.05, 0) is 17.7 Å². The molecule has 0 saturated carbocycles. The molecule has 2 aromatic carbocycles. The number of halogens is 1. The summed E-state index contributed by atoms with van der Waals surface area (Å²) < 4.78 is 0. The number of hydrogen-bond donors (Lipinski definition) is 0. The predicted octanol–water partition coefficient (Wildman–Crippen LogP) is 4.33. The second-order valence-electron chi connectivity index (χ2n) is 3.92. The minimum Gasteiger partial charge on any atom is -0.357 e. The minimum absolute atomic E-state index is 0. The number of thioether (sulfide) groups is 1. The van der Waals surface area contributed by atoms with Crippen LogP contribution in [0.1, 0.15) is 5.56 Å². The molecule has 1 aliphatic rings. The fourth-order valence-electron chi connectivity index (χ4n) is 1.99. The first kappa shape index (κ1) is 12.5. The van der Waals surface area contributed by atoms with E-state index in [2.05, 4.69) is 59.5 Å². The molecule has 0 aromatic heterocycles. The molecule has 0 unspecified atom stereocenters. The quantitative estimate of drug-likeness (QED) is 0.812. The highest BCUT2D eigenvalue weighted by Crippen LogP contribution is 2.38. The zero-order valence-corrected chi connectivity index (χ0v) is 11.9. The van der Waals surface area contributed by atoms with Crippen molar-refractivity contribution in [2.75, 3.05) is 10.8 Å². The molecule has 3 rings (SSSR count). The van der Waals surface area contributed by atoms with E-state index in [9.17, 15) is 0 Å². The molecule has 0 bridgehead atoms.